The summed E-state index contributed by atoms with van der Waals surface area (Å²) in [4.78, 5) is 15.8. The number of pyridine rings is 1. The van der Waals surface area contributed by atoms with E-state index in [0.29, 0.717) is 12.1 Å². The average molecular weight is 354 g/mol. The zero-order chi connectivity index (χ0) is 14.2. The van der Waals surface area contributed by atoms with Crippen molar-refractivity contribution in [2.45, 2.75) is 13.0 Å². The molecule has 0 atom stereocenters. The van der Waals surface area contributed by atoms with Crippen LogP contribution < -0.4 is 10.6 Å². The van der Waals surface area contributed by atoms with E-state index in [9.17, 15) is 4.79 Å². The monoisotopic (exact) mass is 353 g/mol. The van der Waals surface area contributed by atoms with Crippen molar-refractivity contribution in [2.75, 3.05) is 13.1 Å². The summed E-state index contributed by atoms with van der Waals surface area (Å²) in [5.74, 6) is -0.0146. The van der Waals surface area contributed by atoms with Crippen molar-refractivity contribution in [2.24, 2.45) is 0 Å². The Morgan fingerprint density at radius 3 is 3.00 bits per heavy atom. The molecule has 0 saturated carbocycles. The highest BCUT2D eigenvalue weighted by atomic mass is 79.9. The van der Waals surface area contributed by atoms with Crippen molar-refractivity contribution in [1.29, 1.82) is 0 Å². The molecule has 4 nitrogen and oxygen atoms in total. The minimum absolute atomic E-state index is 0.0146. The van der Waals surface area contributed by atoms with Gasteiger partial charge in [-0.3, -0.25) is 9.78 Å². The van der Waals surface area contributed by atoms with Gasteiger partial charge in [0.2, 0.25) is 0 Å². The van der Waals surface area contributed by atoms with E-state index in [1.54, 1.807) is 6.20 Å². The van der Waals surface area contributed by atoms with E-state index in [-0.39, 0.29) is 5.91 Å². The molecule has 0 fully saturated rings. The maximum atomic E-state index is 11.8. The number of hydrogen-bond acceptors (Lipinski definition) is 4. The number of aromatic nitrogens is 1. The van der Waals surface area contributed by atoms with Gasteiger partial charge in [-0.1, -0.05) is 6.07 Å². The topological polar surface area (TPSA) is 54.0 Å². The van der Waals surface area contributed by atoms with Crippen LogP contribution in [0.25, 0.3) is 0 Å². The average Bonchev–Trinajstić information content (AvgIpc) is 2.90. The smallest absolute Gasteiger partial charge is 0.252 e. The van der Waals surface area contributed by atoms with Crippen LogP contribution in [-0.4, -0.2) is 24.0 Å². The molecule has 0 unspecified atom stereocenters. The Morgan fingerprint density at radius 2 is 2.30 bits per heavy atom. The van der Waals surface area contributed by atoms with E-state index in [1.807, 2.05) is 29.8 Å². The van der Waals surface area contributed by atoms with Gasteiger partial charge < -0.3 is 10.6 Å². The minimum atomic E-state index is -0.0146. The quantitative estimate of drug-likeness (QED) is 0.752. The lowest BCUT2D eigenvalue weighted by Gasteiger charge is -2.06. The van der Waals surface area contributed by atoms with Crippen molar-refractivity contribution in [3.63, 3.8) is 0 Å². The predicted octanol–water partition coefficient (Wildman–Crippen LogP) is 2.82. The Labute approximate surface area is 130 Å². The minimum Gasteiger partial charge on any atom is -0.352 e. The molecule has 0 saturated heterocycles. The third-order valence-corrected chi connectivity index (χ3v) is 4.20. The van der Waals surface area contributed by atoms with Crippen LogP contribution in [-0.2, 0) is 6.54 Å². The Morgan fingerprint density at radius 1 is 1.40 bits per heavy atom. The molecule has 0 spiro atoms. The van der Waals surface area contributed by atoms with Crippen molar-refractivity contribution in [3.8, 4) is 0 Å². The molecular formula is C14H16BrN3OS. The van der Waals surface area contributed by atoms with E-state index in [1.165, 1.54) is 16.9 Å². The molecule has 1 amide bonds. The van der Waals surface area contributed by atoms with Crippen LogP contribution in [0.15, 0.2) is 39.8 Å². The van der Waals surface area contributed by atoms with Gasteiger partial charge in [0.1, 0.15) is 0 Å². The molecule has 0 aliphatic rings. The summed E-state index contributed by atoms with van der Waals surface area (Å²) in [5, 5.41) is 8.08. The molecule has 0 aromatic carbocycles. The van der Waals surface area contributed by atoms with Gasteiger partial charge in [-0.05, 0) is 46.6 Å². The van der Waals surface area contributed by atoms with Gasteiger partial charge in [-0.15, -0.1) is 11.3 Å². The molecule has 0 aliphatic heterocycles. The first-order valence-corrected chi connectivity index (χ1v) is 8.05. The number of carbonyl (C=O) groups is 1. The second kappa shape index (κ2) is 8.14. The normalized spacial score (nSPS) is 10.4. The number of rotatable bonds is 7. The third-order valence-electron chi connectivity index (χ3n) is 2.70. The van der Waals surface area contributed by atoms with Crippen molar-refractivity contribution in [1.82, 2.24) is 15.6 Å². The second-order valence-corrected chi connectivity index (χ2v) is 6.58. The Kier molecular flexibility index (Phi) is 6.17. The summed E-state index contributed by atoms with van der Waals surface area (Å²) in [5.41, 5.74) is 1.88. The van der Waals surface area contributed by atoms with Gasteiger partial charge in [0.25, 0.3) is 5.91 Å². The number of carbonyl (C=O) groups excluding carboxylic acids is 1. The summed E-state index contributed by atoms with van der Waals surface area (Å²) in [7, 11) is 0. The number of thiophene rings is 1. The zero-order valence-electron chi connectivity index (χ0n) is 10.9. The summed E-state index contributed by atoms with van der Waals surface area (Å²) in [6, 6.07) is 5.80. The number of hydrogen-bond donors (Lipinski definition) is 2. The number of nitrogens with one attached hydrogen (secondary N) is 2. The molecule has 20 heavy (non-hydrogen) atoms. The second-order valence-electron chi connectivity index (χ2n) is 4.29. The van der Waals surface area contributed by atoms with Crippen LogP contribution in [0.5, 0.6) is 0 Å². The van der Waals surface area contributed by atoms with Gasteiger partial charge in [-0.25, -0.2) is 0 Å². The molecule has 0 radical (unpaired) electrons. The van der Waals surface area contributed by atoms with Crippen LogP contribution in [0.3, 0.4) is 0 Å². The fourth-order valence-electron chi connectivity index (χ4n) is 1.68. The summed E-state index contributed by atoms with van der Waals surface area (Å²) >= 11 is 4.86. The van der Waals surface area contributed by atoms with E-state index in [4.69, 9.17) is 0 Å². The van der Waals surface area contributed by atoms with Crippen LogP contribution in [0.2, 0.25) is 0 Å². The van der Waals surface area contributed by atoms with Gasteiger partial charge in [0.15, 0.2) is 0 Å². The molecule has 2 aromatic heterocycles. The van der Waals surface area contributed by atoms with E-state index < -0.39 is 0 Å². The fraction of sp³-hybridized carbons (Fsp3) is 0.286. The molecule has 2 N–H and O–H groups in total. The molecule has 106 valence electrons. The SMILES string of the molecule is O=C(NCCCNCc1cccnc1)c1csc(Br)c1. The first-order valence-electron chi connectivity index (χ1n) is 6.37. The van der Waals surface area contributed by atoms with Gasteiger partial charge in [0, 0.05) is 30.9 Å². The largest absolute Gasteiger partial charge is 0.352 e. The maximum absolute atomic E-state index is 11.8. The molecule has 2 rings (SSSR count). The fourth-order valence-corrected chi connectivity index (χ4v) is 2.82. The Bertz CT molecular complexity index is 544. The van der Waals surface area contributed by atoms with Crippen molar-refractivity contribution in [3.05, 3.63) is 50.9 Å². The van der Waals surface area contributed by atoms with Crippen LogP contribution in [0, 0.1) is 0 Å². The third kappa shape index (κ3) is 5.03. The summed E-state index contributed by atoms with van der Waals surface area (Å²) in [6.07, 6.45) is 4.52. The predicted molar refractivity (Wildman–Crippen MR) is 84.9 cm³/mol. The maximum Gasteiger partial charge on any atom is 0.252 e. The molecule has 2 heterocycles. The molecule has 0 aliphatic carbocycles. The number of halogens is 1. The van der Waals surface area contributed by atoms with E-state index in [0.717, 1.165) is 23.3 Å². The number of amides is 1. The Balaban J connectivity index is 1.57. The molecule has 6 heteroatoms. The van der Waals surface area contributed by atoms with Crippen LogP contribution >= 0.6 is 27.3 Å². The Hall–Kier alpha value is -1.24. The summed E-state index contributed by atoms with van der Waals surface area (Å²) in [6.45, 7) is 2.34. The zero-order valence-corrected chi connectivity index (χ0v) is 13.3. The molecule has 2 aromatic rings. The standard InChI is InChI=1S/C14H16BrN3OS/c15-13-7-12(10-20-13)14(19)18-6-2-5-17-9-11-3-1-4-16-8-11/h1,3-4,7-8,10,17H,2,5-6,9H2,(H,18,19). The highest BCUT2D eigenvalue weighted by Gasteiger charge is 2.06. The van der Waals surface area contributed by atoms with Gasteiger partial charge in [0.05, 0.1) is 9.35 Å². The first kappa shape index (κ1) is 15.2. The molecular weight excluding hydrogens is 338 g/mol. The van der Waals surface area contributed by atoms with Crippen LogP contribution in [0.4, 0.5) is 0 Å². The lowest BCUT2D eigenvalue weighted by atomic mass is 10.3. The van der Waals surface area contributed by atoms with Crippen molar-refractivity contribution >= 4 is 33.2 Å². The highest BCUT2D eigenvalue weighted by Crippen LogP contribution is 2.20. The van der Waals surface area contributed by atoms with Gasteiger partial charge in [-0.2, -0.15) is 0 Å². The first-order chi connectivity index (χ1) is 9.75. The number of nitrogens with zero attached hydrogens (tertiary/aromatic N) is 1. The van der Waals surface area contributed by atoms with E-state index >= 15 is 0 Å². The van der Waals surface area contributed by atoms with Crippen LogP contribution in [0.1, 0.15) is 22.3 Å². The van der Waals surface area contributed by atoms with Crippen molar-refractivity contribution < 1.29 is 4.79 Å². The lowest BCUT2D eigenvalue weighted by molar-refractivity contribution is 0.0953. The van der Waals surface area contributed by atoms with Gasteiger partial charge >= 0.3 is 0 Å². The highest BCUT2D eigenvalue weighted by molar-refractivity contribution is 9.11. The van der Waals surface area contributed by atoms with E-state index in [2.05, 4.69) is 31.5 Å². The summed E-state index contributed by atoms with van der Waals surface area (Å²) < 4.78 is 0.973. The lowest BCUT2D eigenvalue weighted by Crippen LogP contribution is -2.26. The molecule has 0 bridgehead atoms.